The molecule has 1 fully saturated rings. The Morgan fingerprint density at radius 1 is 1.09 bits per heavy atom. The first-order chi connectivity index (χ1) is 15.9. The molecule has 2 amide bonds. The van der Waals surface area contributed by atoms with Crippen molar-refractivity contribution in [3.63, 3.8) is 0 Å². The van der Waals surface area contributed by atoms with Gasteiger partial charge in [0.25, 0.3) is 0 Å². The maximum Gasteiger partial charge on any atom is 0.329 e. The lowest BCUT2D eigenvalue weighted by molar-refractivity contribution is -0.149. The molecule has 1 aliphatic heterocycles. The van der Waals surface area contributed by atoms with Gasteiger partial charge in [0.05, 0.1) is 6.10 Å². The highest BCUT2D eigenvalue weighted by Crippen LogP contribution is 2.39. The summed E-state index contributed by atoms with van der Waals surface area (Å²) in [6.07, 6.45) is 0.119. The predicted octanol–water partition coefficient (Wildman–Crippen LogP) is 6.73. The molecule has 1 heterocycles. The number of rotatable bonds is 6. The molecule has 2 aromatic rings. The number of halogens is 2. The van der Waals surface area contributed by atoms with Gasteiger partial charge in [-0.3, -0.25) is 0 Å². The summed E-state index contributed by atoms with van der Waals surface area (Å²) in [4.78, 5) is 27.8. The van der Waals surface area contributed by atoms with Crippen LogP contribution in [0.2, 0.25) is 28.2 Å². The number of amides is 2. The predicted molar refractivity (Wildman–Crippen MR) is 139 cm³/mol. The number of anilines is 1. The third-order valence-corrected chi connectivity index (χ3v) is 11.4. The Bertz CT molecular complexity index is 1010. The molecule has 1 saturated heterocycles. The molecule has 34 heavy (non-hydrogen) atoms. The minimum atomic E-state index is -2.10. The van der Waals surface area contributed by atoms with Crippen molar-refractivity contribution in [1.29, 1.82) is 0 Å². The van der Waals surface area contributed by atoms with Gasteiger partial charge in [0.2, 0.25) is 0 Å². The first-order valence-corrected chi connectivity index (χ1v) is 14.9. The van der Waals surface area contributed by atoms with Crippen LogP contribution in [0.15, 0.2) is 48.5 Å². The molecule has 0 aliphatic carbocycles. The maximum absolute atomic E-state index is 13.2. The highest BCUT2D eigenvalue weighted by molar-refractivity contribution is 6.74. The molecule has 0 spiro atoms. The molecule has 6 nitrogen and oxygen atoms in total. The molecule has 1 N–H and O–H groups in total. The molecule has 0 bridgehead atoms. The third kappa shape index (κ3) is 6.75. The summed E-state index contributed by atoms with van der Waals surface area (Å²) in [6.45, 7) is 11.2. The van der Waals surface area contributed by atoms with E-state index in [2.05, 4.69) is 39.2 Å². The molecular weight excluding hydrogens is 491 g/mol. The summed E-state index contributed by atoms with van der Waals surface area (Å²) >= 11 is 12.1. The van der Waals surface area contributed by atoms with Gasteiger partial charge in [-0.15, -0.1) is 0 Å². The van der Waals surface area contributed by atoms with Crippen molar-refractivity contribution in [2.75, 3.05) is 11.9 Å². The molecule has 2 aromatic carbocycles. The van der Waals surface area contributed by atoms with Crippen LogP contribution in [0.5, 0.6) is 0 Å². The normalized spacial score (nSPS) is 18.6. The molecule has 0 aromatic heterocycles. The summed E-state index contributed by atoms with van der Waals surface area (Å²) in [6, 6.07) is 13.1. The second-order valence-electron chi connectivity index (χ2n) is 10.1. The van der Waals surface area contributed by atoms with Crippen molar-refractivity contribution < 1.29 is 18.8 Å². The first-order valence-electron chi connectivity index (χ1n) is 11.3. The number of esters is 1. The average Bonchev–Trinajstić information content (AvgIpc) is 3.14. The second kappa shape index (κ2) is 10.7. The summed E-state index contributed by atoms with van der Waals surface area (Å²) in [5.74, 6) is -0.454. The zero-order valence-corrected chi connectivity index (χ0v) is 22.7. The van der Waals surface area contributed by atoms with Gasteiger partial charge in [0, 0.05) is 28.7 Å². The van der Waals surface area contributed by atoms with E-state index in [0.717, 1.165) is 5.56 Å². The lowest BCUT2D eigenvalue weighted by atomic mass is 10.2. The average molecular weight is 524 g/mol. The van der Waals surface area contributed by atoms with Crippen LogP contribution in [-0.4, -0.2) is 43.9 Å². The van der Waals surface area contributed by atoms with Gasteiger partial charge in [-0.2, -0.15) is 0 Å². The van der Waals surface area contributed by atoms with E-state index in [9.17, 15) is 9.59 Å². The molecular formula is C25H32Cl2N2O4Si. The Hall–Kier alpha value is -2.06. The minimum absolute atomic E-state index is 0.00350. The quantitative estimate of drug-likeness (QED) is 0.337. The minimum Gasteiger partial charge on any atom is -0.459 e. The number of carbonyl (C=O) groups is 2. The zero-order valence-electron chi connectivity index (χ0n) is 20.2. The Morgan fingerprint density at radius 2 is 1.71 bits per heavy atom. The molecule has 184 valence electrons. The first kappa shape index (κ1) is 26.5. The van der Waals surface area contributed by atoms with Crippen molar-refractivity contribution in [2.45, 2.75) is 64.1 Å². The van der Waals surface area contributed by atoms with E-state index >= 15 is 0 Å². The van der Waals surface area contributed by atoms with Gasteiger partial charge in [-0.05, 0) is 41.9 Å². The van der Waals surface area contributed by atoms with Gasteiger partial charge < -0.3 is 19.4 Å². The molecule has 3 rings (SSSR count). The molecule has 9 heteroatoms. The summed E-state index contributed by atoms with van der Waals surface area (Å²) in [5, 5.41) is 3.62. The fourth-order valence-electron chi connectivity index (χ4n) is 3.57. The standard InChI is InChI=1S/C25H32Cl2N2O4Si/c1-25(2,3)34(4,5)33-21-14-22(23(30)32-16-17-9-7-6-8-10-17)29(15-21)24(31)28-20-12-18(26)11-19(27)13-20/h6-13,21-22H,14-16H2,1-5H3,(H,28,31)/t21-,22+/m1/s1. The van der Waals surface area contributed by atoms with Crippen LogP contribution in [0.25, 0.3) is 0 Å². The Balaban J connectivity index is 1.77. The smallest absolute Gasteiger partial charge is 0.329 e. The molecule has 1 aliphatic rings. The molecule has 2 atom stereocenters. The van der Waals surface area contributed by atoms with Crippen LogP contribution >= 0.6 is 23.2 Å². The molecule has 0 unspecified atom stereocenters. The van der Waals surface area contributed by atoms with E-state index in [1.54, 1.807) is 18.2 Å². The Kier molecular flexibility index (Phi) is 8.34. The summed E-state index contributed by atoms with van der Waals surface area (Å²) < 4.78 is 12.1. The number of nitrogens with zero attached hydrogens (tertiary/aromatic N) is 1. The SMILES string of the molecule is CC(C)(C)[Si](C)(C)O[C@@H]1C[C@@H](C(=O)OCc2ccccc2)N(C(=O)Nc2cc(Cl)cc(Cl)c2)C1. The van der Waals surface area contributed by atoms with E-state index in [1.165, 1.54) is 4.90 Å². The Labute approximate surface area is 212 Å². The van der Waals surface area contributed by atoms with Crippen molar-refractivity contribution >= 4 is 49.2 Å². The van der Waals surface area contributed by atoms with Crippen LogP contribution in [0.4, 0.5) is 10.5 Å². The number of benzene rings is 2. The van der Waals surface area contributed by atoms with E-state index in [0.29, 0.717) is 22.2 Å². The van der Waals surface area contributed by atoms with Crippen LogP contribution in [-0.2, 0) is 20.6 Å². The van der Waals surface area contributed by atoms with Gasteiger partial charge in [-0.25, -0.2) is 9.59 Å². The van der Waals surface area contributed by atoms with E-state index in [4.69, 9.17) is 32.4 Å². The molecule has 0 radical (unpaired) electrons. The fourth-order valence-corrected chi connectivity index (χ4v) is 5.45. The fraction of sp³-hybridized carbons (Fsp3) is 0.440. The van der Waals surface area contributed by atoms with Crippen molar-refractivity contribution in [2.24, 2.45) is 0 Å². The third-order valence-electron chi connectivity index (χ3n) is 6.40. The van der Waals surface area contributed by atoms with Gasteiger partial charge in [-0.1, -0.05) is 74.3 Å². The molecule has 0 saturated carbocycles. The van der Waals surface area contributed by atoms with E-state index < -0.39 is 26.4 Å². The lowest BCUT2D eigenvalue weighted by Gasteiger charge is -2.38. The van der Waals surface area contributed by atoms with E-state index in [1.807, 2.05) is 30.3 Å². The van der Waals surface area contributed by atoms with Crippen molar-refractivity contribution in [1.82, 2.24) is 4.90 Å². The lowest BCUT2D eigenvalue weighted by Crippen LogP contribution is -2.45. The number of likely N-dealkylation sites (tertiary alicyclic amines) is 1. The number of hydrogen-bond donors (Lipinski definition) is 1. The highest BCUT2D eigenvalue weighted by atomic mass is 35.5. The van der Waals surface area contributed by atoms with Crippen LogP contribution in [0.1, 0.15) is 32.8 Å². The van der Waals surface area contributed by atoms with Gasteiger partial charge in [0.15, 0.2) is 8.32 Å². The second-order valence-corrected chi connectivity index (χ2v) is 15.7. The number of hydrogen-bond acceptors (Lipinski definition) is 4. The largest absolute Gasteiger partial charge is 0.459 e. The summed E-state index contributed by atoms with van der Waals surface area (Å²) in [5.41, 5.74) is 1.33. The number of nitrogens with one attached hydrogen (secondary N) is 1. The van der Waals surface area contributed by atoms with Crippen LogP contribution in [0, 0.1) is 0 Å². The number of carbonyl (C=O) groups excluding carboxylic acids is 2. The van der Waals surface area contributed by atoms with Crippen molar-refractivity contribution in [3.8, 4) is 0 Å². The van der Waals surface area contributed by atoms with Crippen molar-refractivity contribution in [3.05, 3.63) is 64.1 Å². The number of ether oxygens (including phenoxy) is 1. The summed E-state index contributed by atoms with van der Waals surface area (Å²) in [7, 11) is -2.10. The number of urea groups is 1. The van der Waals surface area contributed by atoms with Gasteiger partial charge in [0.1, 0.15) is 12.6 Å². The topological polar surface area (TPSA) is 67.9 Å². The Morgan fingerprint density at radius 3 is 2.29 bits per heavy atom. The van der Waals surface area contributed by atoms with Crippen LogP contribution in [0.3, 0.4) is 0 Å². The van der Waals surface area contributed by atoms with E-state index in [-0.39, 0.29) is 24.3 Å². The monoisotopic (exact) mass is 522 g/mol. The zero-order chi connectivity index (χ0) is 25.1. The van der Waals surface area contributed by atoms with Gasteiger partial charge >= 0.3 is 12.0 Å². The van der Waals surface area contributed by atoms with Crippen LogP contribution < -0.4 is 5.32 Å². The maximum atomic E-state index is 13.2. The highest BCUT2D eigenvalue weighted by Gasteiger charge is 2.46.